The number of alkyl halides is 4. The van der Waals surface area contributed by atoms with Gasteiger partial charge in [0.15, 0.2) is 5.69 Å². The van der Waals surface area contributed by atoms with Crippen molar-refractivity contribution in [3.8, 4) is 11.6 Å². The molecule has 2 bridgehead atoms. The number of alkyl carbamates (subject to hydrolysis) is 1. The van der Waals surface area contributed by atoms with Crippen molar-refractivity contribution in [3.05, 3.63) is 23.9 Å². The summed E-state index contributed by atoms with van der Waals surface area (Å²) < 4.78 is 107. The summed E-state index contributed by atoms with van der Waals surface area (Å²) in [5, 5.41) is 5.15. The van der Waals surface area contributed by atoms with Gasteiger partial charge in [0.25, 0.3) is 11.8 Å². The quantitative estimate of drug-likeness (QED) is 0.264. The van der Waals surface area contributed by atoms with Crippen molar-refractivity contribution in [2.75, 3.05) is 13.7 Å². The molecule has 2 aromatic rings. The highest BCUT2D eigenvalue weighted by Gasteiger charge is 2.68. The van der Waals surface area contributed by atoms with Gasteiger partial charge in [0.2, 0.25) is 34.1 Å². The number of hydrogen-bond acceptors (Lipinski definition) is 11. The van der Waals surface area contributed by atoms with Crippen LogP contribution in [-0.4, -0.2) is 102 Å². The van der Waals surface area contributed by atoms with Gasteiger partial charge in [-0.1, -0.05) is 41.0 Å². The average Bonchev–Trinajstić information content (AvgIpc) is 4.08. The molecule has 0 radical (unpaired) electrons. The lowest BCUT2D eigenvalue weighted by Crippen LogP contribution is -2.61. The van der Waals surface area contributed by atoms with Gasteiger partial charge in [-0.15, -0.1) is 0 Å². The number of hydrogen-bond donors (Lipinski definition) is 3. The van der Waals surface area contributed by atoms with Crippen LogP contribution < -0.4 is 24.8 Å². The molecule has 1 aromatic carbocycles. The van der Waals surface area contributed by atoms with E-state index in [0.29, 0.717) is 25.0 Å². The van der Waals surface area contributed by atoms with E-state index < -0.39 is 129 Å². The van der Waals surface area contributed by atoms with Crippen LogP contribution in [0.4, 0.5) is 22.4 Å². The van der Waals surface area contributed by atoms with Crippen molar-refractivity contribution in [1.29, 1.82) is 0 Å². The minimum atomic E-state index is -4.32. The van der Waals surface area contributed by atoms with E-state index in [1.54, 1.807) is 33.8 Å². The van der Waals surface area contributed by atoms with Gasteiger partial charge in [-0.05, 0) is 87.7 Å². The first-order valence-electron chi connectivity index (χ1n) is 21.8. The van der Waals surface area contributed by atoms with Crippen LogP contribution in [0.2, 0.25) is 0 Å². The van der Waals surface area contributed by atoms with Gasteiger partial charge in [-0.3, -0.25) is 19.1 Å². The maximum absolute atomic E-state index is 16.6. The largest absolute Gasteiger partial charge is 0.497 e. The molecule has 5 aliphatic rings. The van der Waals surface area contributed by atoms with E-state index in [-0.39, 0.29) is 48.6 Å². The first-order valence-corrected chi connectivity index (χ1v) is 23.3. The number of amides is 4. The van der Waals surface area contributed by atoms with Crippen LogP contribution in [0.15, 0.2) is 18.2 Å². The lowest BCUT2D eigenvalue weighted by atomic mass is 9.85. The van der Waals surface area contributed by atoms with Crippen LogP contribution in [0, 0.1) is 29.1 Å². The Morgan fingerprint density at radius 2 is 1.75 bits per heavy atom. The molecule has 1 unspecified atom stereocenters. The Balaban J connectivity index is 1.32. The van der Waals surface area contributed by atoms with Crippen molar-refractivity contribution < 1.29 is 59.4 Å². The number of benzene rings is 1. The molecular weight excluding hydrogens is 853 g/mol. The Hall–Kier alpha value is -4.49. The Bertz CT molecular complexity index is 2240. The van der Waals surface area contributed by atoms with E-state index in [9.17, 15) is 31.6 Å². The lowest BCUT2D eigenvalue weighted by Gasteiger charge is -2.36. The number of sulfonamides is 1. The number of halogens is 4. The van der Waals surface area contributed by atoms with Gasteiger partial charge in [0, 0.05) is 18.4 Å². The van der Waals surface area contributed by atoms with Crippen LogP contribution in [-0.2, 0) is 35.1 Å². The number of carbonyl (C=O) groups excluding carboxylic acids is 4. The molecule has 0 spiro atoms. The monoisotopic (exact) mass is 910 g/mol. The molecule has 2 aliphatic heterocycles. The molecular formula is C43H58F4N6O9S. The minimum Gasteiger partial charge on any atom is -0.497 e. The number of aromatic nitrogens is 2. The second-order valence-corrected chi connectivity index (χ2v) is 21.6. The second-order valence-electron chi connectivity index (χ2n) is 19.4. The van der Waals surface area contributed by atoms with Crippen LogP contribution >= 0.6 is 0 Å². The van der Waals surface area contributed by atoms with Gasteiger partial charge in [-0.25, -0.2) is 32.0 Å². The first kappa shape index (κ1) is 46.5. The van der Waals surface area contributed by atoms with Crippen LogP contribution in [0.3, 0.4) is 0 Å². The molecule has 3 N–H and O–H groups in total. The summed E-state index contributed by atoms with van der Waals surface area (Å²) in [6, 6.07) is 1.59. The van der Waals surface area contributed by atoms with E-state index in [0.717, 1.165) is 11.3 Å². The standard InChI is InChI=1S/C43H58F4N6O9S/c1-8-24-30-21-53(31(24)35(54)51-42(20-26(42)34(44)45)38(56)52-63(58,59)41(6)17-18-41)37(55)33(40(3,4)5)50-39(57)62-29-15-12-22(2)25(29)11-9-10-16-43(46,47)32-36(61-30)49-28-19-23(60-7)13-14-27(28)48-32/h13-14,19,22,24-26,29-31,33-34H,8-12,15-18,20-21H2,1-7H3,(H,50,57)(H,51,54)(H,52,56)/t22-,24+,25+,26?,29+,30-,31-,33+,42+/m0/s1. The molecule has 4 amide bonds. The van der Waals surface area contributed by atoms with E-state index in [2.05, 4.69) is 20.6 Å². The molecule has 20 heteroatoms. The first-order chi connectivity index (χ1) is 29.4. The third-order valence-corrected chi connectivity index (χ3v) is 16.2. The molecule has 7 rings (SSSR count). The highest BCUT2D eigenvalue weighted by atomic mass is 32.2. The number of nitrogens with zero attached hydrogens (tertiary/aromatic N) is 3. The Kier molecular flexibility index (Phi) is 12.4. The van der Waals surface area contributed by atoms with Gasteiger partial charge in [0.1, 0.15) is 35.6 Å². The maximum Gasteiger partial charge on any atom is 0.408 e. The summed E-state index contributed by atoms with van der Waals surface area (Å²) in [7, 11) is -2.90. The maximum atomic E-state index is 16.6. The summed E-state index contributed by atoms with van der Waals surface area (Å²) in [4.78, 5) is 67.2. The summed E-state index contributed by atoms with van der Waals surface area (Å²) in [5.41, 5.74) is -3.84. The number of carbonyl (C=O) groups is 4. The van der Waals surface area contributed by atoms with Crippen molar-refractivity contribution in [2.45, 2.75) is 153 Å². The topological polar surface area (TPSA) is 195 Å². The summed E-state index contributed by atoms with van der Waals surface area (Å²) in [6.07, 6.45) is -4.25. The van der Waals surface area contributed by atoms with E-state index >= 15 is 13.6 Å². The van der Waals surface area contributed by atoms with Crippen molar-refractivity contribution in [2.24, 2.45) is 29.1 Å². The highest BCUT2D eigenvalue weighted by molar-refractivity contribution is 7.91. The molecule has 3 heterocycles. The summed E-state index contributed by atoms with van der Waals surface area (Å²) >= 11 is 0. The van der Waals surface area contributed by atoms with Crippen LogP contribution in [0.5, 0.6) is 11.6 Å². The molecule has 1 aromatic heterocycles. The highest BCUT2D eigenvalue weighted by Crippen LogP contribution is 2.50. The Morgan fingerprint density at radius 1 is 1.03 bits per heavy atom. The molecule has 9 atom stereocenters. The fourth-order valence-electron chi connectivity index (χ4n) is 9.58. The number of nitrogens with one attached hydrogen (secondary N) is 3. The molecule has 3 saturated carbocycles. The van der Waals surface area contributed by atoms with E-state index in [1.165, 1.54) is 26.2 Å². The Morgan fingerprint density at radius 3 is 2.37 bits per heavy atom. The third kappa shape index (κ3) is 8.98. The SMILES string of the molecule is CC[C@@H]1[C@@H]2CN(C(=O)[C@H](C(C)(C)C)NC(=O)O[C@@H]3CC[C@H](C)[C@H]3CCCCC(F)(F)c3nc4ccc(OC)cc4nc3O2)[C@@H]1C(=O)N[C@]1(C(=O)NS(=O)(=O)C2(C)CC2)CC1C(F)F. The zero-order chi connectivity index (χ0) is 46.0. The molecule has 1 saturated heterocycles. The van der Waals surface area contributed by atoms with Gasteiger partial charge >= 0.3 is 6.09 Å². The van der Waals surface area contributed by atoms with Crippen molar-refractivity contribution in [1.82, 2.24) is 30.2 Å². The fraction of sp³-hybridized carbons (Fsp3) is 0.721. The van der Waals surface area contributed by atoms with Crippen molar-refractivity contribution in [3.63, 3.8) is 0 Å². The minimum absolute atomic E-state index is 0.0498. The lowest BCUT2D eigenvalue weighted by molar-refractivity contribution is -0.144. The van der Waals surface area contributed by atoms with Gasteiger partial charge in [-0.2, -0.15) is 8.78 Å². The smallest absolute Gasteiger partial charge is 0.408 e. The van der Waals surface area contributed by atoms with Crippen molar-refractivity contribution >= 4 is 44.9 Å². The molecule has 63 heavy (non-hydrogen) atoms. The number of ether oxygens (including phenoxy) is 3. The molecule has 348 valence electrons. The predicted molar refractivity (Wildman–Crippen MR) is 220 cm³/mol. The van der Waals surface area contributed by atoms with E-state index in [1.807, 2.05) is 11.6 Å². The third-order valence-electron chi connectivity index (χ3n) is 14.0. The summed E-state index contributed by atoms with van der Waals surface area (Å²) in [6.45, 7) is 9.69. The zero-order valence-electron chi connectivity index (χ0n) is 36.6. The molecule has 4 fully saturated rings. The normalized spacial score (nSPS) is 32.0. The van der Waals surface area contributed by atoms with Gasteiger partial charge < -0.3 is 29.7 Å². The second kappa shape index (κ2) is 16.8. The predicted octanol–water partition coefficient (Wildman–Crippen LogP) is 5.98. The molecule has 15 nitrogen and oxygen atoms in total. The van der Waals surface area contributed by atoms with Crippen LogP contribution in [0.25, 0.3) is 11.0 Å². The number of fused-ring (bicyclic) bond motifs is 5. The van der Waals surface area contributed by atoms with Gasteiger partial charge in [0.05, 0.1) is 35.4 Å². The zero-order valence-corrected chi connectivity index (χ0v) is 37.5. The fourth-order valence-corrected chi connectivity index (χ4v) is 10.9. The average molecular weight is 911 g/mol. The summed E-state index contributed by atoms with van der Waals surface area (Å²) in [5.74, 6) is -9.80. The Labute approximate surface area is 364 Å². The van der Waals surface area contributed by atoms with E-state index in [4.69, 9.17) is 14.2 Å². The number of rotatable bonds is 8. The number of methoxy groups -OCH3 is 1. The van der Waals surface area contributed by atoms with Crippen LogP contribution in [0.1, 0.15) is 111 Å². The molecule has 3 aliphatic carbocycles.